The van der Waals surface area contributed by atoms with E-state index in [0.29, 0.717) is 10.5 Å². The Bertz CT molecular complexity index is 1330. The van der Waals surface area contributed by atoms with E-state index in [0.717, 1.165) is 41.3 Å². The molecule has 3 aromatic rings. The van der Waals surface area contributed by atoms with Gasteiger partial charge >= 0.3 is 5.97 Å². The van der Waals surface area contributed by atoms with Gasteiger partial charge in [0, 0.05) is 22.5 Å². The maximum atomic E-state index is 14.1. The highest BCUT2D eigenvalue weighted by molar-refractivity contribution is 7.97. The lowest BCUT2D eigenvalue weighted by molar-refractivity contribution is -0.139. The monoisotopic (exact) mass is 504 g/mol. The molecule has 1 heterocycles. The number of carboxylic acid groups (broad SMARTS) is 1. The number of hydrogen-bond donors (Lipinski definition) is 3. The second kappa shape index (κ2) is 9.75. The van der Waals surface area contributed by atoms with Crippen molar-refractivity contribution in [1.82, 2.24) is 14.3 Å². The summed E-state index contributed by atoms with van der Waals surface area (Å²) in [6.07, 6.45) is 3.07. The summed E-state index contributed by atoms with van der Waals surface area (Å²) >= 11 is 7.00. The van der Waals surface area contributed by atoms with E-state index in [2.05, 4.69) is 4.72 Å². The van der Waals surface area contributed by atoms with Crippen LogP contribution in [0.25, 0.3) is 10.9 Å². The van der Waals surface area contributed by atoms with Gasteiger partial charge in [0.05, 0.1) is 17.1 Å². The van der Waals surface area contributed by atoms with Gasteiger partial charge in [0.2, 0.25) is 5.43 Å². The highest BCUT2D eigenvalue weighted by Gasteiger charge is 2.29. The molecule has 1 fully saturated rings. The summed E-state index contributed by atoms with van der Waals surface area (Å²) in [6.45, 7) is 1.54. The lowest BCUT2D eigenvalue weighted by atomic mass is 10.1. The van der Waals surface area contributed by atoms with Crippen LogP contribution < -0.4 is 16.0 Å². The maximum absolute atomic E-state index is 14.1. The number of pyridine rings is 1. The van der Waals surface area contributed by atoms with Crippen molar-refractivity contribution in [2.75, 3.05) is 6.54 Å². The zero-order valence-electron chi connectivity index (χ0n) is 18.1. The predicted octanol–water partition coefficient (Wildman–Crippen LogP) is 3.50. The molecule has 2 aromatic carbocycles. The van der Waals surface area contributed by atoms with Gasteiger partial charge in [-0.1, -0.05) is 29.3 Å². The number of amides is 1. The summed E-state index contributed by atoms with van der Waals surface area (Å²) in [6, 6.07) is 8.67. The molecule has 1 saturated carbocycles. The fraction of sp³-hybridized carbons (Fsp3) is 0.261. The van der Waals surface area contributed by atoms with Crippen LogP contribution in [0.2, 0.25) is 5.02 Å². The van der Waals surface area contributed by atoms with E-state index < -0.39 is 35.7 Å². The zero-order chi connectivity index (χ0) is 24.6. The third kappa shape index (κ3) is 5.10. The van der Waals surface area contributed by atoms with Gasteiger partial charge in [0.1, 0.15) is 17.4 Å². The minimum absolute atomic E-state index is 0.0101. The molecule has 0 aliphatic heterocycles. The molecule has 4 N–H and O–H groups in total. The van der Waals surface area contributed by atoms with Crippen molar-refractivity contribution in [3.63, 3.8) is 0 Å². The molecule has 0 spiro atoms. The van der Waals surface area contributed by atoms with Gasteiger partial charge in [-0.3, -0.25) is 19.4 Å². The second-order valence-corrected chi connectivity index (χ2v) is 9.49. The van der Waals surface area contributed by atoms with Crippen LogP contribution >= 0.6 is 23.5 Å². The summed E-state index contributed by atoms with van der Waals surface area (Å²) in [4.78, 5) is 38.6. The molecule has 0 saturated heterocycles. The molecule has 1 aliphatic rings. The number of nitrogens with one attached hydrogen (secondary N) is 1. The van der Waals surface area contributed by atoms with Crippen molar-refractivity contribution in [2.45, 2.75) is 36.7 Å². The van der Waals surface area contributed by atoms with E-state index in [9.17, 15) is 23.9 Å². The Balaban J connectivity index is 1.58. The molecular weight excluding hydrogens is 483 g/mol. The van der Waals surface area contributed by atoms with Gasteiger partial charge in [-0.2, -0.15) is 0 Å². The van der Waals surface area contributed by atoms with Gasteiger partial charge in [0.15, 0.2) is 0 Å². The van der Waals surface area contributed by atoms with Crippen molar-refractivity contribution in [3.05, 3.63) is 74.8 Å². The highest BCUT2D eigenvalue weighted by Crippen LogP contribution is 2.37. The van der Waals surface area contributed by atoms with Crippen LogP contribution in [0.3, 0.4) is 0 Å². The van der Waals surface area contributed by atoms with Crippen LogP contribution in [0.1, 0.15) is 34.8 Å². The molecular formula is C23H22ClFN4O4S. The molecule has 34 heavy (non-hydrogen) atoms. The lowest BCUT2D eigenvalue weighted by Crippen LogP contribution is -2.50. The highest BCUT2D eigenvalue weighted by atomic mass is 35.5. The first-order valence-corrected chi connectivity index (χ1v) is 11.7. The number of carbonyl (C=O) groups is 2. The average molecular weight is 505 g/mol. The smallest absolute Gasteiger partial charge is 0.323 e. The Morgan fingerprint density at radius 1 is 1.32 bits per heavy atom. The van der Waals surface area contributed by atoms with E-state index in [1.54, 1.807) is 4.57 Å². The van der Waals surface area contributed by atoms with Crippen LogP contribution in [0, 0.1) is 12.7 Å². The number of aryl methyl sites for hydroxylation is 1. The van der Waals surface area contributed by atoms with Crippen LogP contribution in [0.15, 0.2) is 52.3 Å². The molecule has 1 amide bonds. The van der Waals surface area contributed by atoms with Gasteiger partial charge in [-0.15, -0.1) is 0 Å². The number of aromatic nitrogens is 1. The molecule has 0 bridgehead atoms. The quantitative estimate of drug-likeness (QED) is 0.186. The molecule has 1 unspecified atom stereocenters. The van der Waals surface area contributed by atoms with Gasteiger partial charge < -0.3 is 9.67 Å². The summed E-state index contributed by atoms with van der Waals surface area (Å²) in [5.74, 6) is 3.07. The Kier molecular flexibility index (Phi) is 6.94. The molecule has 8 nitrogen and oxygen atoms in total. The Morgan fingerprint density at radius 3 is 2.62 bits per heavy atom. The van der Waals surface area contributed by atoms with E-state index in [1.165, 1.54) is 12.3 Å². The van der Waals surface area contributed by atoms with Crippen LogP contribution in [0.4, 0.5) is 4.39 Å². The first-order valence-electron chi connectivity index (χ1n) is 10.5. The first-order chi connectivity index (χ1) is 16.2. The van der Waals surface area contributed by atoms with E-state index in [4.69, 9.17) is 17.4 Å². The number of carboxylic acids is 1. The molecule has 4 rings (SSSR count). The number of carbonyl (C=O) groups excluding carboxylic acids is 1. The standard InChI is InChI=1S/C23H22ClFN4O4S/c1-12-2-6-14(7-3-12)34-27-19(23(32)33)11-29(26)22(31)16-10-28(13-4-5-13)20-9-17(24)18(25)8-15(20)21(16)30/h2-3,6-10,13,19,27H,4-5,11,26H2,1H3,(H,32,33). The number of hydrogen-bond acceptors (Lipinski definition) is 6. The van der Waals surface area contributed by atoms with Crippen molar-refractivity contribution >= 4 is 46.3 Å². The van der Waals surface area contributed by atoms with Gasteiger partial charge in [0.25, 0.3) is 5.91 Å². The minimum Gasteiger partial charge on any atom is -0.480 e. The molecule has 11 heteroatoms. The van der Waals surface area contributed by atoms with Crippen molar-refractivity contribution < 1.29 is 19.1 Å². The maximum Gasteiger partial charge on any atom is 0.323 e. The molecule has 1 aromatic heterocycles. The lowest BCUT2D eigenvalue weighted by Gasteiger charge is -2.22. The zero-order valence-corrected chi connectivity index (χ0v) is 19.7. The number of halogens is 2. The van der Waals surface area contributed by atoms with E-state index >= 15 is 0 Å². The number of aliphatic carboxylic acids is 1. The number of benzene rings is 2. The number of rotatable bonds is 8. The third-order valence-electron chi connectivity index (χ3n) is 5.52. The summed E-state index contributed by atoms with van der Waals surface area (Å²) in [5.41, 5.74) is 0.529. The molecule has 178 valence electrons. The third-order valence-corrected chi connectivity index (χ3v) is 6.72. The minimum atomic E-state index is -1.21. The van der Waals surface area contributed by atoms with Gasteiger partial charge in [-0.05, 0) is 56.0 Å². The SMILES string of the molecule is Cc1ccc(SNC(CN(N)C(=O)c2cn(C3CC3)c3cc(Cl)c(F)cc3c2=O)C(=O)O)cc1. The van der Waals surface area contributed by atoms with E-state index in [1.807, 2.05) is 31.2 Å². The second-order valence-electron chi connectivity index (χ2n) is 8.18. The fourth-order valence-corrected chi connectivity index (χ4v) is 4.38. The van der Waals surface area contributed by atoms with Crippen LogP contribution in [0.5, 0.6) is 0 Å². The predicted molar refractivity (Wildman–Crippen MR) is 128 cm³/mol. The Morgan fingerprint density at radius 2 is 2.00 bits per heavy atom. The van der Waals surface area contributed by atoms with Crippen LogP contribution in [-0.4, -0.2) is 39.1 Å². The summed E-state index contributed by atoms with van der Waals surface area (Å²) < 4.78 is 18.6. The molecule has 1 aliphatic carbocycles. The van der Waals surface area contributed by atoms with Crippen molar-refractivity contribution in [1.29, 1.82) is 0 Å². The Labute approximate surface area is 203 Å². The number of hydrazine groups is 1. The summed E-state index contributed by atoms with van der Waals surface area (Å²) in [5, 5.41) is 10.2. The largest absolute Gasteiger partial charge is 0.480 e. The van der Waals surface area contributed by atoms with Gasteiger partial charge in [-0.25, -0.2) is 15.0 Å². The fourth-order valence-electron chi connectivity index (χ4n) is 3.50. The Hall–Kier alpha value is -2.92. The normalized spacial score (nSPS) is 14.2. The molecule has 0 radical (unpaired) electrons. The van der Waals surface area contributed by atoms with Crippen molar-refractivity contribution in [2.24, 2.45) is 5.84 Å². The topological polar surface area (TPSA) is 118 Å². The molecule has 1 atom stereocenters. The first kappa shape index (κ1) is 24.2. The number of fused-ring (bicyclic) bond motifs is 1. The van der Waals surface area contributed by atoms with Crippen LogP contribution in [-0.2, 0) is 4.79 Å². The number of nitrogens with zero attached hydrogens (tertiary/aromatic N) is 2. The van der Waals surface area contributed by atoms with E-state index in [-0.39, 0.29) is 22.0 Å². The number of nitrogens with two attached hydrogens (primary N) is 1. The van der Waals surface area contributed by atoms with Crippen molar-refractivity contribution in [3.8, 4) is 0 Å². The summed E-state index contributed by atoms with van der Waals surface area (Å²) in [7, 11) is 0. The average Bonchev–Trinajstić information content (AvgIpc) is 3.64.